The van der Waals surface area contributed by atoms with Gasteiger partial charge in [-0.1, -0.05) is 97.1 Å². The Kier molecular flexibility index (Phi) is 5.74. The fourth-order valence-corrected chi connectivity index (χ4v) is 6.13. The van der Waals surface area contributed by atoms with Crippen LogP contribution in [0.5, 0.6) is 0 Å². The highest BCUT2D eigenvalue weighted by molar-refractivity contribution is 6.16. The minimum absolute atomic E-state index is 0.590. The van der Waals surface area contributed by atoms with Crippen LogP contribution in [0.4, 0.5) is 0 Å². The molecule has 3 aromatic heterocycles. The van der Waals surface area contributed by atoms with Crippen molar-refractivity contribution in [1.82, 2.24) is 19.9 Å². The second kappa shape index (κ2) is 10.2. The molecule has 3 heterocycles. The Morgan fingerprint density at radius 1 is 0.422 bits per heavy atom. The summed E-state index contributed by atoms with van der Waals surface area (Å²) in [6.45, 7) is 0. The maximum absolute atomic E-state index is 6.56. The lowest BCUT2D eigenvalue weighted by atomic mass is 9.97. The number of rotatable bonds is 4. The zero-order valence-corrected chi connectivity index (χ0v) is 24.1. The summed E-state index contributed by atoms with van der Waals surface area (Å²) in [5.74, 6) is 1.82. The Balaban J connectivity index is 1.36. The number of hydrogen-bond acceptors (Lipinski definition) is 5. The molecule has 0 saturated carbocycles. The first-order chi connectivity index (χ1) is 22.3. The molecule has 0 atom stereocenters. The Labute approximate surface area is 258 Å². The summed E-state index contributed by atoms with van der Waals surface area (Å²) < 4.78 is 6.56. The van der Waals surface area contributed by atoms with Crippen LogP contribution in [0.25, 0.3) is 88.8 Å². The second-order valence-corrected chi connectivity index (χ2v) is 11.2. The van der Waals surface area contributed by atoms with Gasteiger partial charge in [-0.15, -0.1) is 0 Å². The van der Waals surface area contributed by atoms with Crippen LogP contribution in [0.3, 0.4) is 0 Å². The number of benzene rings is 6. The molecule has 0 aliphatic carbocycles. The largest absolute Gasteiger partial charge is 0.456 e. The van der Waals surface area contributed by atoms with Crippen LogP contribution >= 0.6 is 0 Å². The molecule has 9 aromatic rings. The standard InChI is InChI=1S/C40H24N4O/c1-3-9-25(10-4-1)31-21-34(37-33-20-29-17-18-41-24-32(29)23-35(33)45-36(37)22-31)40-43-38(27-12-5-2-6-13-27)42-39(44-40)30-16-15-26-11-7-8-14-28(26)19-30/h1-24H. The molecule has 0 amide bonds. The average molecular weight is 577 g/mol. The molecule has 0 bridgehead atoms. The normalized spacial score (nSPS) is 11.6. The van der Waals surface area contributed by atoms with Crippen LogP contribution in [0.1, 0.15) is 0 Å². The molecule has 0 unspecified atom stereocenters. The number of fused-ring (bicyclic) bond motifs is 5. The first-order valence-corrected chi connectivity index (χ1v) is 14.9. The summed E-state index contributed by atoms with van der Waals surface area (Å²) in [6.07, 6.45) is 3.69. The van der Waals surface area contributed by atoms with Crippen molar-refractivity contribution < 1.29 is 4.42 Å². The van der Waals surface area contributed by atoms with Gasteiger partial charge >= 0.3 is 0 Å². The summed E-state index contributed by atoms with van der Waals surface area (Å²) in [6, 6.07) is 45.7. The van der Waals surface area contributed by atoms with Gasteiger partial charge < -0.3 is 4.42 Å². The predicted molar refractivity (Wildman–Crippen MR) is 182 cm³/mol. The predicted octanol–water partition coefficient (Wildman–Crippen LogP) is 10.1. The third kappa shape index (κ3) is 4.41. The van der Waals surface area contributed by atoms with E-state index >= 15 is 0 Å². The molecule has 0 radical (unpaired) electrons. The van der Waals surface area contributed by atoms with E-state index in [1.54, 1.807) is 0 Å². The van der Waals surface area contributed by atoms with Gasteiger partial charge in [-0.3, -0.25) is 4.98 Å². The summed E-state index contributed by atoms with van der Waals surface area (Å²) >= 11 is 0. The molecule has 0 N–H and O–H groups in total. The molecule has 5 heteroatoms. The number of furan rings is 1. The van der Waals surface area contributed by atoms with Gasteiger partial charge in [0, 0.05) is 45.2 Å². The van der Waals surface area contributed by atoms with Crippen molar-refractivity contribution >= 4 is 43.5 Å². The van der Waals surface area contributed by atoms with Crippen LogP contribution in [-0.4, -0.2) is 19.9 Å². The minimum Gasteiger partial charge on any atom is -0.456 e. The topological polar surface area (TPSA) is 64.7 Å². The van der Waals surface area contributed by atoms with Crippen LogP contribution in [0.2, 0.25) is 0 Å². The summed E-state index contributed by atoms with van der Waals surface area (Å²) in [4.78, 5) is 19.6. The smallest absolute Gasteiger partial charge is 0.164 e. The zero-order chi connectivity index (χ0) is 29.7. The van der Waals surface area contributed by atoms with Gasteiger partial charge in [0.15, 0.2) is 17.5 Å². The van der Waals surface area contributed by atoms with E-state index in [0.29, 0.717) is 17.5 Å². The van der Waals surface area contributed by atoms with Crippen molar-refractivity contribution in [3.8, 4) is 45.3 Å². The highest BCUT2D eigenvalue weighted by Crippen LogP contribution is 2.41. The van der Waals surface area contributed by atoms with Gasteiger partial charge in [-0.2, -0.15) is 0 Å². The highest BCUT2D eigenvalue weighted by Gasteiger charge is 2.20. The molecule has 45 heavy (non-hydrogen) atoms. The lowest BCUT2D eigenvalue weighted by Gasteiger charge is -2.11. The van der Waals surface area contributed by atoms with Crippen molar-refractivity contribution in [1.29, 1.82) is 0 Å². The second-order valence-electron chi connectivity index (χ2n) is 11.2. The van der Waals surface area contributed by atoms with Crippen LogP contribution < -0.4 is 0 Å². The lowest BCUT2D eigenvalue weighted by Crippen LogP contribution is -2.00. The van der Waals surface area contributed by atoms with Gasteiger partial charge in [-0.05, 0) is 63.7 Å². The van der Waals surface area contributed by atoms with Crippen molar-refractivity contribution in [3.63, 3.8) is 0 Å². The fraction of sp³-hybridized carbons (Fsp3) is 0. The number of aromatic nitrogens is 4. The van der Waals surface area contributed by atoms with Crippen LogP contribution in [0, 0.1) is 0 Å². The monoisotopic (exact) mass is 576 g/mol. The Morgan fingerprint density at radius 2 is 1.11 bits per heavy atom. The van der Waals surface area contributed by atoms with Crippen LogP contribution in [0.15, 0.2) is 150 Å². The van der Waals surface area contributed by atoms with E-state index in [1.807, 2.05) is 67.0 Å². The first kappa shape index (κ1) is 25.3. The lowest BCUT2D eigenvalue weighted by molar-refractivity contribution is 0.669. The summed E-state index contributed by atoms with van der Waals surface area (Å²) in [7, 11) is 0. The molecule has 0 fully saturated rings. The Bertz CT molecular complexity index is 2540. The third-order valence-corrected chi connectivity index (χ3v) is 8.35. The quantitative estimate of drug-likeness (QED) is 0.209. The molecule has 9 rings (SSSR count). The zero-order valence-electron chi connectivity index (χ0n) is 24.1. The molecule has 210 valence electrons. The first-order valence-electron chi connectivity index (χ1n) is 14.9. The summed E-state index contributed by atoms with van der Waals surface area (Å²) in [5, 5.41) is 6.40. The number of hydrogen-bond donors (Lipinski definition) is 0. The fourth-order valence-electron chi connectivity index (χ4n) is 6.13. The van der Waals surface area contributed by atoms with Crippen molar-refractivity contribution in [3.05, 3.63) is 146 Å². The molecule has 0 aliphatic heterocycles. The van der Waals surface area contributed by atoms with E-state index in [1.165, 1.54) is 5.39 Å². The van der Waals surface area contributed by atoms with Gasteiger partial charge in [-0.25, -0.2) is 15.0 Å². The maximum Gasteiger partial charge on any atom is 0.164 e. The van der Waals surface area contributed by atoms with E-state index in [2.05, 4.69) is 83.8 Å². The molecule has 0 aliphatic rings. The van der Waals surface area contributed by atoms with Gasteiger partial charge in [0.1, 0.15) is 11.2 Å². The van der Waals surface area contributed by atoms with E-state index in [4.69, 9.17) is 19.4 Å². The molecular formula is C40H24N4O. The Morgan fingerprint density at radius 3 is 1.93 bits per heavy atom. The SMILES string of the molecule is c1ccc(-c2cc(-c3nc(-c4ccccc4)nc(-c4ccc5ccccc5c4)n3)c3c(c2)oc2cc4cnccc4cc23)cc1. The molecule has 0 spiro atoms. The Hall–Kier alpha value is -6.20. The van der Waals surface area contributed by atoms with Gasteiger partial charge in [0.25, 0.3) is 0 Å². The van der Waals surface area contributed by atoms with E-state index < -0.39 is 0 Å². The van der Waals surface area contributed by atoms with Crippen LogP contribution in [-0.2, 0) is 0 Å². The summed E-state index contributed by atoms with van der Waals surface area (Å²) in [5.41, 5.74) is 6.43. The molecule has 5 nitrogen and oxygen atoms in total. The van der Waals surface area contributed by atoms with Crippen molar-refractivity contribution in [2.45, 2.75) is 0 Å². The minimum atomic E-state index is 0.590. The number of pyridine rings is 1. The van der Waals surface area contributed by atoms with Crippen molar-refractivity contribution in [2.24, 2.45) is 0 Å². The number of nitrogens with zero attached hydrogens (tertiary/aromatic N) is 4. The molecular weight excluding hydrogens is 552 g/mol. The average Bonchev–Trinajstić information content (AvgIpc) is 3.47. The van der Waals surface area contributed by atoms with Gasteiger partial charge in [0.2, 0.25) is 0 Å². The van der Waals surface area contributed by atoms with Gasteiger partial charge in [0.05, 0.1) is 0 Å². The van der Waals surface area contributed by atoms with E-state index in [9.17, 15) is 0 Å². The highest BCUT2D eigenvalue weighted by atomic mass is 16.3. The maximum atomic E-state index is 6.56. The van der Waals surface area contributed by atoms with Crippen molar-refractivity contribution in [2.75, 3.05) is 0 Å². The van der Waals surface area contributed by atoms with E-state index in [-0.39, 0.29) is 0 Å². The van der Waals surface area contributed by atoms with E-state index in [0.717, 1.165) is 65.9 Å². The third-order valence-electron chi connectivity index (χ3n) is 8.35. The molecule has 0 saturated heterocycles. The molecule has 6 aromatic carbocycles.